The molecule has 0 saturated carbocycles. The largest absolute Gasteiger partial charge is 0.334 e. The van der Waals surface area contributed by atoms with Gasteiger partial charge >= 0.3 is 6.03 Å². The highest BCUT2D eigenvalue weighted by Crippen LogP contribution is 2.13. The number of benzene rings is 2. The Morgan fingerprint density at radius 2 is 1.69 bits per heavy atom. The first kappa shape index (κ1) is 20.0. The van der Waals surface area contributed by atoms with Crippen LogP contribution in [0.25, 0.3) is 0 Å². The summed E-state index contributed by atoms with van der Waals surface area (Å²) in [5.74, 6) is -0.875. The molecule has 0 fully saturated rings. The number of anilines is 1. The first-order valence-electron chi connectivity index (χ1n) is 9.10. The molecule has 0 unspecified atom stereocenters. The second-order valence-electron chi connectivity index (χ2n) is 6.47. The molecule has 29 heavy (non-hydrogen) atoms. The summed E-state index contributed by atoms with van der Waals surface area (Å²) in [7, 11) is 0. The molecule has 1 heterocycles. The van der Waals surface area contributed by atoms with Crippen LogP contribution in [0.1, 0.15) is 27.3 Å². The van der Waals surface area contributed by atoms with Crippen molar-refractivity contribution < 1.29 is 14.0 Å². The van der Waals surface area contributed by atoms with Crippen molar-refractivity contribution in [3.63, 3.8) is 0 Å². The van der Waals surface area contributed by atoms with Crippen molar-refractivity contribution in [2.24, 2.45) is 0 Å². The highest BCUT2D eigenvalue weighted by atomic mass is 19.1. The van der Waals surface area contributed by atoms with E-state index in [4.69, 9.17) is 0 Å². The Labute approximate surface area is 168 Å². The zero-order chi connectivity index (χ0) is 20.6. The van der Waals surface area contributed by atoms with Crippen molar-refractivity contribution in [3.8, 4) is 0 Å². The lowest BCUT2D eigenvalue weighted by Crippen LogP contribution is -2.34. The fourth-order valence-corrected chi connectivity index (χ4v) is 2.71. The molecule has 1 aromatic heterocycles. The number of hydrogen-bond acceptors (Lipinski definition) is 3. The van der Waals surface area contributed by atoms with E-state index in [-0.39, 0.29) is 18.1 Å². The van der Waals surface area contributed by atoms with Gasteiger partial charge in [-0.25, -0.2) is 9.18 Å². The van der Waals surface area contributed by atoms with Crippen LogP contribution in [0.3, 0.4) is 0 Å². The average molecular weight is 392 g/mol. The molecule has 0 saturated heterocycles. The van der Waals surface area contributed by atoms with Gasteiger partial charge < -0.3 is 16.0 Å². The maximum Gasteiger partial charge on any atom is 0.315 e. The molecule has 148 valence electrons. The number of aromatic nitrogens is 1. The van der Waals surface area contributed by atoms with E-state index < -0.39 is 11.7 Å². The first-order chi connectivity index (χ1) is 14.0. The van der Waals surface area contributed by atoms with E-state index in [2.05, 4.69) is 20.9 Å². The molecule has 0 aliphatic rings. The summed E-state index contributed by atoms with van der Waals surface area (Å²) in [4.78, 5) is 28.5. The van der Waals surface area contributed by atoms with E-state index in [1.165, 1.54) is 24.3 Å². The Kier molecular flexibility index (Phi) is 6.52. The Morgan fingerprint density at radius 1 is 0.931 bits per heavy atom. The van der Waals surface area contributed by atoms with Gasteiger partial charge in [0.05, 0.1) is 12.2 Å². The Hall–Kier alpha value is -3.74. The molecule has 6 nitrogen and oxygen atoms in total. The number of carbonyl (C=O) groups excluding carboxylic acids is 2. The van der Waals surface area contributed by atoms with Crippen LogP contribution >= 0.6 is 0 Å². The van der Waals surface area contributed by atoms with Crippen molar-refractivity contribution in [2.75, 3.05) is 5.32 Å². The summed E-state index contributed by atoms with van der Waals surface area (Å²) >= 11 is 0. The van der Waals surface area contributed by atoms with Crippen molar-refractivity contribution in [1.29, 1.82) is 0 Å². The summed E-state index contributed by atoms with van der Waals surface area (Å²) in [5, 5.41) is 8.24. The minimum Gasteiger partial charge on any atom is -0.334 e. The van der Waals surface area contributed by atoms with Crippen LogP contribution in [0.2, 0.25) is 0 Å². The Bertz CT molecular complexity index is 1020. The number of halogens is 1. The molecular weight excluding hydrogens is 371 g/mol. The third-order valence-electron chi connectivity index (χ3n) is 4.10. The lowest BCUT2D eigenvalue weighted by molar-refractivity contribution is 0.102. The zero-order valence-corrected chi connectivity index (χ0v) is 15.9. The van der Waals surface area contributed by atoms with E-state index in [1.54, 1.807) is 18.2 Å². The van der Waals surface area contributed by atoms with Gasteiger partial charge in [0.15, 0.2) is 0 Å². The maximum absolute atomic E-state index is 13.3. The number of urea groups is 1. The molecule has 0 aliphatic carbocycles. The summed E-state index contributed by atoms with van der Waals surface area (Å²) < 4.78 is 13.3. The minimum atomic E-state index is -0.470. The zero-order valence-electron chi connectivity index (χ0n) is 15.9. The fourth-order valence-electron chi connectivity index (χ4n) is 2.71. The van der Waals surface area contributed by atoms with Gasteiger partial charge in [-0.1, -0.05) is 24.3 Å². The number of amides is 3. The number of aryl methyl sites for hydroxylation is 1. The predicted molar refractivity (Wildman–Crippen MR) is 109 cm³/mol. The molecule has 7 heteroatoms. The molecule has 3 aromatic rings. The highest BCUT2D eigenvalue weighted by Gasteiger charge is 2.08. The smallest absolute Gasteiger partial charge is 0.315 e. The van der Waals surface area contributed by atoms with Crippen LogP contribution in [-0.4, -0.2) is 16.9 Å². The van der Waals surface area contributed by atoms with E-state index in [9.17, 15) is 14.0 Å². The lowest BCUT2D eigenvalue weighted by atomic mass is 10.1. The summed E-state index contributed by atoms with van der Waals surface area (Å²) in [6.07, 6.45) is 0. The third kappa shape index (κ3) is 6.14. The predicted octanol–water partition coefficient (Wildman–Crippen LogP) is 3.78. The van der Waals surface area contributed by atoms with E-state index in [0.717, 1.165) is 17.0 Å². The Morgan fingerprint density at radius 3 is 2.48 bits per heavy atom. The number of hydrogen-bond donors (Lipinski definition) is 3. The molecule has 0 aliphatic heterocycles. The summed E-state index contributed by atoms with van der Waals surface area (Å²) in [6.45, 7) is 2.51. The monoisotopic (exact) mass is 392 g/mol. The second kappa shape index (κ2) is 9.45. The number of carbonyl (C=O) groups is 2. The number of rotatable bonds is 6. The van der Waals surface area contributed by atoms with Gasteiger partial charge in [-0.05, 0) is 55.0 Å². The number of nitrogens with one attached hydrogen (secondary N) is 3. The second-order valence-corrected chi connectivity index (χ2v) is 6.47. The minimum absolute atomic E-state index is 0.234. The van der Waals surface area contributed by atoms with Crippen LogP contribution in [-0.2, 0) is 13.1 Å². The van der Waals surface area contributed by atoms with Crippen molar-refractivity contribution in [1.82, 2.24) is 15.6 Å². The van der Waals surface area contributed by atoms with Gasteiger partial charge in [0.2, 0.25) is 0 Å². The molecule has 0 bridgehead atoms. The molecule has 3 rings (SSSR count). The molecule has 0 radical (unpaired) electrons. The van der Waals surface area contributed by atoms with Crippen LogP contribution in [0.15, 0.2) is 66.7 Å². The molecular formula is C22H21FN4O2. The average Bonchev–Trinajstić information content (AvgIpc) is 2.71. The van der Waals surface area contributed by atoms with E-state index >= 15 is 0 Å². The number of nitrogens with zero attached hydrogens (tertiary/aromatic N) is 1. The van der Waals surface area contributed by atoms with Crippen molar-refractivity contribution in [3.05, 3.63) is 95.1 Å². The Balaban J connectivity index is 1.51. The summed E-state index contributed by atoms with van der Waals surface area (Å²) in [5.41, 5.74) is 3.27. The van der Waals surface area contributed by atoms with Crippen LogP contribution < -0.4 is 16.0 Å². The molecule has 3 amide bonds. The molecule has 0 spiro atoms. The van der Waals surface area contributed by atoms with Gasteiger partial charge in [0, 0.05) is 23.5 Å². The van der Waals surface area contributed by atoms with Gasteiger partial charge in [0.25, 0.3) is 5.91 Å². The SMILES string of the molecule is Cc1cccc(CNC(=O)NCc2cccc(NC(=O)c3cccc(F)c3)c2)n1. The quantitative estimate of drug-likeness (QED) is 0.597. The summed E-state index contributed by atoms with van der Waals surface area (Å²) in [6, 6.07) is 17.9. The number of pyridine rings is 1. The molecule has 0 atom stereocenters. The van der Waals surface area contributed by atoms with Gasteiger partial charge in [-0.15, -0.1) is 0 Å². The normalized spacial score (nSPS) is 10.3. The van der Waals surface area contributed by atoms with Crippen molar-refractivity contribution in [2.45, 2.75) is 20.0 Å². The lowest BCUT2D eigenvalue weighted by Gasteiger charge is -2.10. The van der Waals surface area contributed by atoms with Gasteiger partial charge in [-0.2, -0.15) is 0 Å². The molecule has 2 aromatic carbocycles. The van der Waals surface area contributed by atoms with E-state index in [1.807, 2.05) is 31.2 Å². The first-order valence-corrected chi connectivity index (χ1v) is 9.10. The van der Waals surface area contributed by atoms with Crippen LogP contribution in [0.4, 0.5) is 14.9 Å². The third-order valence-corrected chi connectivity index (χ3v) is 4.10. The van der Waals surface area contributed by atoms with Gasteiger partial charge in [0.1, 0.15) is 5.82 Å². The fraction of sp³-hybridized carbons (Fsp3) is 0.136. The van der Waals surface area contributed by atoms with Crippen LogP contribution in [0, 0.1) is 12.7 Å². The maximum atomic E-state index is 13.3. The van der Waals surface area contributed by atoms with E-state index in [0.29, 0.717) is 12.2 Å². The topological polar surface area (TPSA) is 83.1 Å². The molecule has 3 N–H and O–H groups in total. The van der Waals surface area contributed by atoms with Crippen molar-refractivity contribution >= 4 is 17.6 Å². The van der Waals surface area contributed by atoms with Gasteiger partial charge in [-0.3, -0.25) is 9.78 Å². The standard InChI is InChI=1S/C22H21FN4O2/c1-15-5-2-10-20(26-15)14-25-22(29)24-13-16-6-3-9-19(11-16)27-21(28)17-7-4-8-18(23)12-17/h2-12H,13-14H2,1H3,(H,27,28)(H2,24,25,29). The highest BCUT2D eigenvalue weighted by molar-refractivity contribution is 6.04. The van der Waals surface area contributed by atoms with Crippen LogP contribution in [0.5, 0.6) is 0 Å².